The van der Waals surface area contributed by atoms with Crippen LogP contribution in [0.4, 0.5) is 10.1 Å². The first kappa shape index (κ1) is 21.6. The molecule has 160 valence electrons. The minimum atomic E-state index is -1.35. The molecule has 11 heteroatoms. The minimum absolute atomic E-state index is 0.0365. The Morgan fingerprint density at radius 1 is 1.30 bits per heavy atom. The van der Waals surface area contributed by atoms with Crippen molar-refractivity contribution < 1.29 is 29.0 Å². The molecule has 1 saturated heterocycles. The molecule has 1 aromatic heterocycles. The molecular weight excluding hydrogens is 421 g/mol. The first-order valence-corrected chi connectivity index (χ1v) is 9.57. The van der Waals surface area contributed by atoms with Crippen molar-refractivity contribution in [3.8, 4) is 0 Å². The molecule has 4 rings (SSSR count). The predicted molar refractivity (Wildman–Crippen MR) is 107 cm³/mol. The quantitative estimate of drug-likeness (QED) is 0.622. The van der Waals surface area contributed by atoms with Gasteiger partial charge in [0.1, 0.15) is 11.4 Å². The third-order valence-corrected chi connectivity index (χ3v) is 5.34. The molecule has 0 unspecified atom stereocenters. The average Bonchev–Trinajstić information content (AvgIpc) is 3.52. The Hall–Kier alpha value is -3.14. The van der Waals surface area contributed by atoms with Crippen molar-refractivity contribution in [3.05, 3.63) is 38.9 Å². The molecule has 1 amide bonds. The molecule has 1 aliphatic heterocycles. The van der Waals surface area contributed by atoms with E-state index < -0.39 is 22.8 Å². The van der Waals surface area contributed by atoms with Crippen LogP contribution in [0.25, 0.3) is 10.9 Å². The summed E-state index contributed by atoms with van der Waals surface area (Å²) in [6.45, 7) is 0.795. The van der Waals surface area contributed by atoms with Crippen molar-refractivity contribution >= 4 is 46.5 Å². The van der Waals surface area contributed by atoms with E-state index in [1.165, 1.54) is 6.20 Å². The highest BCUT2D eigenvalue weighted by atomic mass is 35.5. The number of pyridine rings is 1. The largest absolute Gasteiger partial charge is 0.483 e. The Bertz CT molecular complexity index is 1080. The molecule has 3 N–H and O–H groups in total. The van der Waals surface area contributed by atoms with Gasteiger partial charge >= 0.3 is 5.97 Å². The first-order chi connectivity index (χ1) is 14.3. The summed E-state index contributed by atoms with van der Waals surface area (Å²) in [7, 11) is 0. The number of rotatable bonds is 3. The number of carboxylic acids is 1. The molecule has 2 aliphatic rings. The number of fused-ring (bicyclic) bond motifs is 1. The summed E-state index contributed by atoms with van der Waals surface area (Å²) in [6.07, 6.45) is 3.18. The number of hydrogen-bond acceptors (Lipinski definition) is 5. The lowest BCUT2D eigenvalue weighted by Gasteiger charge is -2.25. The Kier molecular flexibility index (Phi) is 6.25. The number of hydrogen-bond donors (Lipinski definition) is 3. The monoisotopic (exact) mass is 439 g/mol. The second-order valence-corrected chi connectivity index (χ2v) is 7.30. The molecule has 2 fully saturated rings. The fraction of sp³-hybridized carbons (Fsp3) is 0.368. The van der Waals surface area contributed by atoms with Gasteiger partial charge < -0.3 is 25.0 Å². The molecular formula is C19H19ClFN3O6. The average molecular weight is 440 g/mol. The van der Waals surface area contributed by atoms with Crippen molar-refractivity contribution in [1.29, 1.82) is 0 Å². The van der Waals surface area contributed by atoms with Crippen molar-refractivity contribution in [2.45, 2.75) is 25.3 Å². The zero-order valence-electron chi connectivity index (χ0n) is 15.7. The Morgan fingerprint density at radius 2 is 1.97 bits per heavy atom. The van der Waals surface area contributed by atoms with E-state index in [4.69, 9.17) is 21.5 Å². The number of benzene rings is 1. The molecule has 0 radical (unpaired) electrons. The minimum Gasteiger partial charge on any atom is -0.483 e. The molecule has 0 atom stereocenters. The fourth-order valence-corrected chi connectivity index (χ4v) is 3.91. The van der Waals surface area contributed by atoms with Crippen LogP contribution in [0.15, 0.2) is 17.1 Å². The number of carbonyl (C=O) groups excluding carboxylic acids is 1. The van der Waals surface area contributed by atoms with Crippen LogP contribution in [0.3, 0.4) is 0 Å². The van der Waals surface area contributed by atoms with Gasteiger partial charge in [-0.15, -0.1) is 0 Å². The van der Waals surface area contributed by atoms with Crippen LogP contribution < -0.4 is 15.6 Å². The van der Waals surface area contributed by atoms with Crippen LogP contribution >= 0.6 is 11.6 Å². The first-order valence-electron chi connectivity index (χ1n) is 9.19. The van der Waals surface area contributed by atoms with E-state index in [-0.39, 0.29) is 40.9 Å². The fourth-order valence-electron chi connectivity index (χ4n) is 3.51. The molecule has 2 heterocycles. The lowest BCUT2D eigenvalue weighted by atomic mass is 10.1. The van der Waals surface area contributed by atoms with Gasteiger partial charge in [-0.1, -0.05) is 11.6 Å². The summed E-state index contributed by atoms with van der Waals surface area (Å²) in [4.78, 5) is 45.6. The van der Waals surface area contributed by atoms with Crippen LogP contribution in [0.2, 0.25) is 5.02 Å². The van der Waals surface area contributed by atoms with E-state index >= 15 is 0 Å². The normalized spacial score (nSPS) is 16.3. The van der Waals surface area contributed by atoms with Gasteiger partial charge in [-0.3, -0.25) is 14.4 Å². The molecule has 1 aliphatic carbocycles. The highest BCUT2D eigenvalue weighted by molar-refractivity contribution is 6.38. The second kappa shape index (κ2) is 8.70. The zero-order chi connectivity index (χ0) is 22.0. The van der Waals surface area contributed by atoms with E-state index in [2.05, 4.69) is 5.32 Å². The maximum atomic E-state index is 14.9. The van der Waals surface area contributed by atoms with Crippen molar-refractivity contribution in [2.75, 3.05) is 24.5 Å². The highest BCUT2D eigenvalue weighted by Gasteiger charge is 2.30. The SMILES string of the molecule is O=C1CCN(c2c(F)cc3c(=O)c(C(=O)O)cn(C4CC4)c3c2Cl)CCN1.O=CO. The third kappa shape index (κ3) is 4.09. The van der Waals surface area contributed by atoms with Crippen molar-refractivity contribution in [3.63, 3.8) is 0 Å². The molecule has 0 spiro atoms. The smallest absolute Gasteiger partial charge is 0.341 e. The van der Waals surface area contributed by atoms with Crippen molar-refractivity contribution in [2.24, 2.45) is 0 Å². The molecule has 9 nitrogen and oxygen atoms in total. The topological polar surface area (TPSA) is 129 Å². The number of halogens is 2. The highest BCUT2D eigenvalue weighted by Crippen LogP contribution is 2.42. The maximum Gasteiger partial charge on any atom is 0.341 e. The molecule has 2 aromatic rings. The lowest BCUT2D eigenvalue weighted by molar-refractivity contribution is -0.123. The van der Waals surface area contributed by atoms with Gasteiger partial charge in [0.25, 0.3) is 6.47 Å². The number of nitrogens with one attached hydrogen (secondary N) is 1. The van der Waals surface area contributed by atoms with Crippen LogP contribution in [0.5, 0.6) is 0 Å². The number of aromatic carboxylic acids is 1. The van der Waals surface area contributed by atoms with Gasteiger partial charge in [0, 0.05) is 38.3 Å². The standard InChI is InChI=1S/C18H17ClFN3O4.CH2O2/c19-14-15-10(17(25)11(18(26)27)8-23(15)9-1-2-9)7-12(20)16(14)22-5-3-13(24)21-4-6-22;2-1-3/h7-9H,1-6H2,(H,21,24)(H,26,27);1H,(H,2,3). The van der Waals surface area contributed by atoms with Crippen LogP contribution in [0.1, 0.15) is 35.7 Å². The predicted octanol–water partition coefficient (Wildman–Crippen LogP) is 1.85. The second-order valence-electron chi connectivity index (χ2n) is 6.93. The summed E-state index contributed by atoms with van der Waals surface area (Å²) in [5, 5.41) is 19.0. The number of nitrogens with zero attached hydrogens (tertiary/aromatic N) is 2. The molecule has 1 saturated carbocycles. The van der Waals surface area contributed by atoms with Crippen LogP contribution in [0, 0.1) is 5.82 Å². The van der Waals surface area contributed by atoms with E-state index in [0.717, 1.165) is 18.9 Å². The zero-order valence-corrected chi connectivity index (χ0v) is 16.5. The lowest BCUT2D eigenvalue weighted by Crippen LogP contribution is -2.29. The summed E-state index contributed by atoms with van der Waals surface area (Å²) < 4.78 is 16.6. The number of aromatic nitrogens is 1. The van der Waals surface area contributed by atoms with Gasteiger partial charge in [-0.05, 0) is 18.9 Å². The number of amides is 1. The van der Waals surface area contributed by atoms with Gasteiger partial charge in [0.05, 0.1) is 21.6 Å². The van der Waals surface area contributed by atoms with Gasteiger partial charge in [-0.25, -0.2) is 9.18 Å². The van der Waals surface area contributed by atoms with E-state index in [1.54, 1.807) is 9.47 Å². The van der Waals surface area contributed by atoms with Gasteiger partial charge in [0.15, 0.2) is 0 Å². The molecule has 0 bridgehead atoms. The van der Waals surface area contributed by atoms with Crippen LogP contribution in [-0.2, 0) is 9.59 Å². The van der Waals surface area contributed by atoms with Crippen molar-refractivity contribution in [1.82, 2.24) is 9.88 Å². The van der Waals surface area contributed by atoms with Crippen LogP contribution in [-0.4, -0.2) is 52.8 Å². The number of carbonyl (C=O) groups is 3. The van der Waals surface area contributed by atoms with Gasteiger partial charge in [0.2, 0.25) is 11.3 Å². The summed E-state index contributed by atoms with van der Waals surface area (Å²) in [6, 6.07) is 1.10. The summed E-state index contributed by atoms with van der Waals surface area (Å²) in [5.74, 6) is -2.17. The summed E-state index contributed by atoms with van der Waals surface area (Å²) >= 11 is 6.56. The maximum absolute atomic E-state index is 14.9. The number of anilines is 1. The molecule has 30 heavy (non-hydrogen) atoms. The van der Waals surface area contributed by atoms with Gasteiger partial charge in [-0.2, -0.15) is 0 Å². The number of carboxylic acid groups (broad SMARTS) is 2. The Labute approximate surface area is 174 Å². The third-order valence-electron chi connectivity index (χ3n) is 4.98. The van der Waals surface area contributed by atoms with E-state index in [0.29, 0.717) is 25.2 Å². The van der Waals surface area contributed by atoms with E-state index in [1.807, 2.05) is 0 Å². The molecule has 1 aromatic carbocycles. The Balaban J connectivity index is 0.000000806. The Morgan fingerprint density at radius 3 is 2.57 bits per heavy atom. The summed E-state index contributed by atoms with van der Waals surface area (Å²) in [5.41, 5.74) is -0.678. The van der Waals surface area contributed by atoms with E-state index in [9.17, 15) is 23.9 Å².